The van der Waals surface area contributed by atoms with Gasteiger partial charge in [-0.2, -0.15) is 0 Å². The van der Waals surface area contributed by atoms with Gasteiger partial charge in [-0.3, -0.25) is 0 Å². The van der Waals surface area contributed by atoms with E-state index in [0.717, 1.165) is 20.8 Å². The van der Waals surface area contributed by atoms with E-state index >= 15 is 0 Å². The van der Waals surface area contributed by atoms with Crippen LogP contribution in [0.3, 0.4) is 0 Å². The average molecular weight is 273 g/mol. The topological polar surface area (TPSA) is 52.3 Å². The van der Waals surface area contributed by atoms with Crippen LogP contribution in [0.2, 0.25) is 0 Å². The average Bonchev–Trinajstić information content (AvgIpc) is 3.01. The van der Waals surface area contributed by atoms with E-state index in [1.54, 1.807) is 13.0 Å². The number of carbonyl (C=O) groups excluding carboxylic acids is 1. The van der Waals surface area contributed by atoms with Crippen LogP contribution in [0.1, 0.15) is 21.1 Å². The summed E-state index contributed by atoms with van der Waals surface area (Å²) in [7, 11) is 0. The predicted octanol–water partition coefficient (Wildman–Crippen LogP) is 3.55. The molecular weight excluding hydrogens is 262 g/mol. The Balaban J connectivity index is 1.72. The number of benzene rings is 1. The summed E-state index contributed by atoms with van der Waals surface area (Å²) in [6.45, 7) is 1.97. The molecular formula is C14H11NO3S. The third kappa shape index (κ3) is 2.37. The molecule has 0 fully saturated rings. The third-order valence-electron chi connectivity index (χ3n) is 2.71. The van der Waals surface area contributed by atoms with Crippen molar-refractivity contribution in [1.82, 2.24) is 4.98 Å². The largest absolute Gasteiger partial charge is 0.457 e. The van der Waals surface area contributed by atoms with Gasteiger partial charge in [0.25, 0.3) is 0 Å². The second-order valence-corrected chi connectivity index (χ2v) is 5.20. The first-order valence-electron chi connectivity index (χ1n) is 5.80. The third-order valence-corrected chi connectivity index (χ3v) is 3.72. The standard InChI is InChI=1S/C14H11NO3S/c1-9-6-7-17-13(9)14(16)18-8-12-15-10-4-2-3-5-11(10)19-12/h2-7H,8H2,1H3. The van der Waals surface area contributed by atoms with Gasteiger partial charge < -0.3 is 9.15 Å². The van der Waals surface area contributed by atoms with E-state index in [9.17, 15) is 4.79 Å². The number of nitrogens with zero attached hydrogens (tertiary/aromatic N) is 1. The fraction of sp³-hybridized carbons (Fsp3) is 0.143. The summed E-state index contributed by atoms with van der Waals surface area (Å²) in [5, 5.41) is 0.777. The summed E-state index contributed by atoms with van der Waals surface area (Å²) in [5.41, 5.74) is 1.70. The highest BCUT2D eigenvalue weighted by Gasteiger charge is 2.15. The van der Waals surface area contributed by atoms with Crippen LogP contribution in [0.5, 0.6) is 0 Å². The number of esters is 1. The van der Waals surface area contributed by atoms with Crippen LogP contribution in [0.15, 0.2) is 41.0 Å². The number of rotatable bonds is 3. The molecule has 0 amide bonds. The van der Waals surface area contributed by atoms with Crippen LogP contribution in [-0.4, -0.2) is 11.0 Å². The summed E-state index contributed by atoms with van der Waals surface area (Å²) in [6.07, 6.45) is 1.48. The molecule has 0 radical (unpaired) electrons. The number of hydrogen-bond acceptors (Lipinski definition) is 5. The van der Waals surface area contributed by atoms with E-state index in [4.69, 9.17) is 9.15 Å². The molecule has 2 aromatic heterocycles. The molecule has 4 nitrogen and oxygen atoms in total. The zero-order valence-electron chi connectivity index (χ0n) is 10.3. The number of aryl methyl sites for hydroxylation is 1. The van der Waals surface area contributed by atoms with Crippen molar-refractivity contribution in [1.29, 1.82) is 0 Å². The minimum absolute atomic E-state index is 0.165. The highest BCUT2D eigenvalue weighted by atomic mass is 32.1. The lowest BCUT2D eigenvalue weighted by molar-refractivity contribution is 0.0435. The van der Waals surface area contributed by atoms with E-state index in [2.05, 4.69) is 4.98 Å². The van der Waals surface area contributed by atoms with Crippen LogP contribution in [-0.2, 0) is 11.3 Å². The Morgan fingerprint density at radius 1 is 1.37 bits per heavy atom. The Labute approximate surface area is 113 Å². The first kappa shape index (κ1) is 11.9. The molecule has 1 aromatic carbocycles. The molecule has 2 heterocycles. The number of fused-ring (bicyclic) bond motifs is 1. The Morgan fingerprint density at radius 2 is 2.21 bits per heavy atom. The van der Waals surface area contributed by atoms with Gasteiger partial charge in [0.2, 0.25) is 5.76 Å². The smallest absolute Gasteiger partial charge is 0.374 e. The Bertz CT molecular complexity index is 696. The number of furan rings is 1. The minimum Gasteiger partial charge on any atom is -0.457 e. The van der Waals surface area contributed by atoms with Crippen LogP contribution in [0, 0.1) is 6.92 Å². The summed E-state index contributed by atoms with van der Waals surface area (Å²) >= 11 is 1.52. The van der Waals surface area contributed by atoms with Gasteiger partial charge in [-0.05, 0) is 25.1 Å². The summed E-state index contributed by atoms with van der Waals surface area (Å²) < 4.78 is 11.4. The molecule has 19 heavy (non-hydrogen) atoms. The second-order valence-electron chi connectivity index (χ2n) is 4.08. The molecule has 0 aliphatic carbocycles. The van der Waals surface area contributed by atoms with E-state index < -0.39 is 5.97 Å². The molecule has 0 spiro atoms. The van der Waals surface area contributed by atoms with Gasteiger partial charge in [-0.25, -0.2) is 9.78 Å². The highest BCUT2D eigenvalue weighted by Crippen LogP contribution is 2.22. The van der Waals surface area contributed by atoms with Gasteiger partial charge >= 0.3 is 5.97 Å². The maximum Gasteiger partial charge on any atom is 0.374 e. The molecule has 0 saturated carbocycles. The number of aromatic nitrogens is 1. The fourth-order valence-electron chi connectivity index (χ4n) is 1.76. The number of hydrogen-bond donors (Lipinski definition) is 0. The van der Waals surface area contributed by atoms with Crippen molar-refractivity contribution in [3.8, 4) is 0 Å². The number of thiazole rings is 1. The minimum atomic E-state index is -0.457. The van der Waals surface area contributed by atoms with Crippen molar-refractivity contribution in [2.75, 3.05) is 0 Å². The van der Waals surface area contributed by atoms with Crippen molar-refractivity contribution < 1.29 is 13.9 Å². The first-order valence-corrected chi connectivity index (χ1v) is 6.61. The monoisotopic (exact) mass is 273 g/mol. The summed E-state index contributed by atoms with van der Waals surface area (Å²) in [4.78, 5) is 16.2. The molecule has 0 N–H and O–H groups in total. The number of para-hydroxylation sites is 1. The molecule has 0 saturated heterocycles. The van der Waals surface area contributed by atoms with E-state index in [1.807, 2.05) is 24.3 Å². The van der Waals surface area contributed by atoms with Crippen molar-refractivity contribution in [3.05, 3.63) is 52.9 Å². The van der Waals surface area contributed by atoms with Crippen molar-refractivity contribution in [2.24, 2.45) is 0 Å². The van der Waals surface area contributed by atoms with Crippen molar-refractivity contribution in [3.63, 3.8) is 0 Å². The lowest BCUT2D eigenvalue weighted by atomic mass is 10.3. The lowest BCUT2D eigenvalue weighted by Crippen LogP contribution is -2.05. The SMILES string of the molecule is Cc1ccoc1C(=O)OCc1nc2ccccc2s1. The van der Waals surface area contributed by atoms with Gasteiger partial charge in [-0.1, -0.05) is 12.1 Å². The van der Waals surface area contributed by atoms with E-state index in [1.165, 1.54) is 17.6 Å². The van der Waals surface area contributed by atoms with Crippen LogP contribution in [0.25, 0.3) is 10.2 Å². The molecule has 0 aliphatic rings. The molecule has 0 atom stereocenters. The molecule has 3 rings (SSSR count). The normalized spacial score (nSPS) is 10.8. The molecule has 96 valence electrons. The van der Waals surface area contributed by atoms with Crippen molar-refractivity contribution in [2.45, 2.75) is 13.5 Å². The Morgan fingerprint density at radius 3 is 2.95 bits per heavy atom. The van der Waals surface area contributed by atoms with Crippen LogP contribution in [0.4, 0.5) is 0 Å². The molecule has 0 bridgehead atoms. The summed E-state index contributed by atoms with van der Waals surface area (Å²) in [5.74, 6) is -0.206. The van der Waals surface area contributed by atoms with Gasteiger partial charge in [0.05, 0.1) is 16.5 Å². The molecule has 3 aromatic rings. The van der Waals surface area contributed by atoms with Gasteiger partial charge in [0.1, 0.15) is 11.6 Å². The maximum absolute atomic E-state index is 11.8. The van der Waals surface area contributed by atoms with Crippen LogP contribution >= 0.6 is 11.3 Å². The quantitative estimate of drug-likeness (QED) is 0.685. The fourth-order valence-corrected chi connectivity index (χ4v) is 2.64. The van der Waals surface area contributed by atoms with Crippen molar-refractivity contribution >= 4 is 27.5 Å². The predicted molar refractivity (Wildman–Crippen MR) is 72.2 cm³/mol. The maximum atomic E-state index is 11.8. The lowest BCUT2D eigenvalue weighted by Gasteiger charge is -2.00. The molecule has 5 heteroatoms. The Kier molecular flexibility index (Phi) is 3.05. The second kappa shape index (κ2) is 4.85. The molecule has 0 unspecified atom stereocenters. The van der Waals surface area contributed by atoms with Gasteiger partial charge in [0, 0.05) is 5.56 Å². The number of ether oxygens (including phenoxy) is 1. The summed E-state index contributed by atoms with van der Waals surface area (Å²) in [6, 6.07) is 9.56. The van der Waals surface area contributed by atoms with E-state index in [-0.39, 0.29) is 12.4 Å². The first-order chi connectivity index (χ1) is 9.24. The van der Waals surface area contributed by atoms with Crippen LogP contribution < -0.4 is 0 Å². The van der Waals surface area contributed by atoms with Gasteiger partial charge in [0.15, 0.2) is 0 Å². The zero-order valence-corrected chi connectivity index (χ0v) is 11.1. The number of carbonyl (C=O) groups is 1. The zero-order chi connectivity index (χ0) is 13.2. The Hall–Kier alpha value is -2.14. The highest BCUT2D eigenvalue weighted by molar-refractivity contribution is 7.18. The van der Waals surface area contributed by atoms with Gasteiger partial charge in [-0.15, -0.1) is 11.3 Å². The molecule has 0 aliphatic heterocycles. The van der Waals surface area contributed by atoms with E-state index in [0.29, 0.717) is 0 Å².